The highest BCUT2D eigenvalue weighted by Gasteiger charge is 2.14. The van der Waals surface area contributed by atoms with Gasteiger partial charge in [0.15, 0.2) is 0 Å². The van der Waals surface area contributed by atoms with Crippen LogP contribution in [0.1, 0.15) is 54.4 Å². The molecule has 0 saturated carbocycles. The Labute approximate surface area is 96.6 Å². The van der Waals surface area contributed by atoms with E-state index in [1.165, 1.54) is 12.8 Å². The maximum absolute atomic E-state index is 5.86. The van der Waals surface area contributed by atoms with E-state index in [9.17, 15) is 0 Å². The molecule has 0 saturated heterocycles. The number of rotatable bonds is 8. The molecule has 0 spiro atoms. The molecule has 0 aromatic heterocycles. The van der Waals surface area contributed by atoms with Crippen LogP contribution in [0.15, 0.2) is 0 Å². The van der Waals surface area contributed by atoms with E-state index in [-0.39, 0.29) is 0 Å². The Bertz CT molecular complexity index is 124. The summed E-state index contributed by atoms with van der Waals surface area (Å²) in [5.74, 6) is 2.95. The third-order valence-electron chi connectivity index (χ3n) is 3.60. The van der Waals surface area contributed by atoms with Crippen LogP contribution < -0.4 is 0 Å². The first-order valence-corrected chi connectivity index (χ1v) is 6.60. The van der Waals surface area contributed by atoms with Gasteiger partial charge in [0.25, 0.3) is 0 Å². The lowest BCUT2D eigenvalue weighted by atomic mass is 9.93. The van der Waals surface area contributed by atoms with E-state index in [1.54, 1.807) is 0 Å². The van der Waals surface area contributed by atoms with Crippen molar-refractivity contribution in [2.45, 2.75) is 54.4 Å². The summed E-state index contributed by atoms with van der Waals surface area (Å²) < 4.78 is 5.86. The van der Waals surface area contributed by atoms with Crippen molar-refractivity contribution < 1.29 is 4.74 Å². The van der Waals surface area contributed by atoms with Gasteiger partial charge in [-0.3, -0.25) is 0 Å². The molecule has 92 valence electrons. The van der Waals surface area contributed by atoms with Crippen molar-refractivity contribution in [1.29, 1.82) is 0 Å². The summed E-state index contributed by atoms with van der Waals surface area (Å²) >= 11 is 0. The number of hydrogen-bond acceptors (Lipinski definition) is 1. The monoisotopic (exact) mass is 214 g/mol. The standard InChI is InChI=1S/C14H30O/c1-7-13(11(3)4)9-15-10-14(8-2)12(5)6/h11-14H,7-10H2,1-6H3. The zero-order valence-electron chi connectivity index (χ0n) is 11.5. The van der Waals surface area contributed by atoms with Crippen LogP contribution in [0, 0.1) is 23.7 Å². The van der Waals surface area contributed by atoms with E-state index in [2.05, 4.69) is 41.5 Å². The normalized spacial score (nSPS) is 16.0. The van der Waals surface area contributed by atoms with Crippen molar-refractivity contribution in [2.75, 3.05) is 13.2 Å². The molecule has 1 heteroatoms. The molecule has 0 rings (SSSR count). The maximum atomic E-state index is 5.86. The lowest BCUT2D eigenvalue weighted by Gasteiger charge is -2.23. The molecular weight excluding hydrogens is 184 g/mol. The average Bonchev–Trinajstić information content (AvgIpc) is 2.17. The van der Waals surface area contributed by atoms with Gasteiger partial charge in [-0.05, 0) is 23.7 Å². The van der Waals surface area contributed by atoms with Crippen molar-refractivity contribution in [3.05, 3.63) is 0 Å². The number of hydrogen-bond donors (Lipinski definition) is 0. The van der Waals surface area contributed by atoms with Crippen LogP contribution in [0.4, 0.5) is 0 Å². The molecule has 15 heavy (non-hydrogen) atoms. The summed E-state index contributed by atoms with van der Waals surface area (Å²) in [5, 5.41) is 0. The fourth-order valence-electron chi connectivity index (χ4n) is 1.93. The first kappa shape index (κ1) is 15.0. The molecule has 0 aromatic rings. The predicted molar refractivity (Wildman–Crippen MR) is 68.1 cm³/mol. The van der Waals surface area contributed by atoms with E-state index in [0.717, 1.165) is 36.9 Å². The summed E-state index contributed by atoms with van der Waals surface area (Å²) in [7, 11) is 0. The third kappa shape index (κ3) is 6.19. The second-order valence-corrected chi connectivity index (χ2v) is 5.36. The largest absolute Gasteiger partial charge is 0.381 e. The van der Waals surface area contributed by atoms with Crippen LogP contribution in [-0.4, -0.2) is 13.2 Å². The quantitative estimate of drug-likeness (QED) is 0.583. The highest BCUT2D eigenvalue weighted by molar-refractivity contribution is 4.63. The van der Waals surface area contributed by atoms with Gasteiger partial charge in [0.05, 0.1) is 0 Å². The second-order valence-electron chi connectivity index (χ2n) is 5.36. The van der Waals surface area contributed by atoms with Gasteiger partial charge < -0.3 is 4.74 Å². The summed E-state index contributed by atoms with van der Waals surface area (Å²) in [6, 6.07) is 0. The summed E-state index contributed by atoms with van der Waals surface area (Å²) in [6.45, 7) is 15.6. The molecule has 0 heterocycles. The van der Waals surface area contributed by atoms with Gasteiger partial charge >= 0.3 is 0 Å². The van der Waals surface area contributed by atoms with E-state index < -0.39 is 0 Å². The lowest BCUT2D eigenvalue weighted by Crippen LogP contribution is -2.20. The molecule has 0 bridgehead atoms. The molecule has 0 aliphatic rings. The Morgan fingerprint density at radius 1 is 0.733 bits per heavy atom. The van der Waals surface area contributed by atoms with Crippen LogP contribution in [0.3, 0.4) is 0 Å². The third-order valence-corrected chi connectivity index (χ3v) is 3.60. The Kier molecular flexibility index (Phi) is 8.13. The minimum Gasteiger partial charge on any atom is -0.381 e. The Morgan fingerprint density at radius 2 is 1.07 bits per heavy atom. The molecule has 2 unspecified atom stereocenters. The van der Waals surface area contributed by atoms with Crippen molar-refractivity contribution in [1.82, 2.24) is 0 Å². The first-order valence-electron chi connectivity index (χ1n) is 6.60. The van der Waals surface area contributed by atoms with Crippen LogP contribution >= 0.6 is 0 Å². The fourth-order valence-corrected chi connectivity index (χ4v) is 1.93. The molecular formula is C14H30O. The molecule has 1 nitrogen and oxygen atoms in total. The number of ether oxygens (including phenoxy) is 1. The van der Waals surface area contributed by atoms with Crippen LogP contribution in [0.2, 0.25) is 0 Å². The van der Waals surface area contributed by atoms with Crippen molar-refractivity contribution in [3.8, 4) is 0 Å². The van der Waals surface area contributed by atoms with Gasteiger partial charge in [-0.25, -0.2) is 0 Å². The topological polar surface area (TPSA) is 9.23 Å². The predicted octanol–water partition coefficient (Wildman–Crippen LogP) is 4.37. The van der Waals surface area contributed by atoms with Crippen LogP contribution in [0.5, 0.6) is 0 Å². The molecule has 0 aromatic carbocycles. The van der Waals surface area contributed by atoms with E-state index >= 15 is 0 Å². The van der Waals surface area contributed by atoms with Gasteiger partial charge in [0, 0.05) is 13.2 Å². The minimum absolute atomic E-state index is 0.731. The summed E-state index contributed by atoms with van der Waals surface area (Å²) in [6.07, 6.45) is 2.46. The van der Waals surface area contributed by atoms with E-state index in [0.29, 0.717) is 0 Å². The molecule has 0 N–H and O–H groups in total. The van der Waals surface area contributed by atoms with Gasteiger partial charge in [0.2, 0.25) is 0 Å². The molecule has 0 fully saturated rings. The molecule has 0 aliphatic carbocycles. The van der Waals surface area contributed by atoms with Crippen molar-refractivity contribution in [3.63, 3.8) is 0 Å². The molecule has 2 atom stereocenters. The smallest absolute Gasteiger partial charge is 0.0496 e. The lowest BCUT2D eigenvalue weighted by molar-refractivity contribution is 0.0446. The molecule has 0 amide bonds. The average molecular weight is 214 g/mol. The second kappa shape index (κ2) is 8.15. The first-order chi connectivity index (χ1) is 7.02. The Hall–Kier alpha value is -0.0400. The Balaban J connectivity index is 3.75. The van der Waals surface area contributed by atoms with Gasteiger partial charge in [0.1, 0.15) is 0 Å². The highest BCUT2D eigenvalue weighted by Crippen LogP contribution is 2.18. The van der Waals surface area contributed by atoms with Crippen molar-refractivity contribution in [2.24, 2.45) is 23.7 Å². The molecule has 0 aliphatic heterocycles. The van der Waals surface area contributed by atoms with Gasteiger partial charge in [-0.1, -0.05) is 54.4 Å². The zero-order chi connectivity index (χ0) is 11.8. The van der Waals surface area contributed by atoms with Crippen molar-refractivity contribution >= 4 is 0 Å². The van der Waals surface area contributed by atoms with E-state index in [4.69, 9.17) is 4.74 Å². The van der Waals surface area contributed by atoms with Crippen LogP contribution in [-0.2, 0) is 4.74 Å². The zero-order valence-corrected chi connectivity index (χ0v) is 11.5. The summed E-state index contributed by atoms with van der Waals surface area (Å²) in [4.78, 5) is 0. The van der Waals surface area contributed by atoms with Gasteiger partial charge in [-0.15, -0.1) is 0 Å². The molecule has 0 radical (unpaired) electrons. The highest BCUT2D eigenvalue weighted by atomic mass is 16.5. The SMILES string of the molecule is CCC(COCC(CC)C(C)C)C(C)C. The maximum Gasteiger partial charge on any atom is 0.0496 e. The Morgan fingerprint density at radius 3 is 1.27 bits per heavy atom. The van der Waals surface area contributed by atoms with Crippen LogP contribution in [0.25, 0.3) is 0 Å². The van der Waals surface area contributed by atoms with Gasteiger partial charge in [-0.2, -0.15) is 0 Å². The fraction of sp³-hybridized carbons (Fsp3) is 1.00. The summed E-state index contributed by atoms with van der Waals surface area (Å²) in [5.41, 5.74) is 0. The minimum atomic E-state index is 0.731. The van der Waals surface area contributed by atoms with E-state index in [1.807, 2.05) is 0 Å².